The number of pyridine rings is 1. The second-order valence-corrected chi connectivity index (χ2v) is 6.19. The van der Waals surface area contributed by atoms with E-state index < -0.39 is 0 Å². The maximum Gasteiger partial charge on any atom is 0.254 e. The van der Waals surface area contributed by atoms with Gasteiger partial charge in [-0.15, -0.1) is 0 Å². The number of nitrogen functional groups attached to an aromatic ring is 1. The summed E-state index contributed by atoms with van der Waals surface area (Å²) in [4.78, 5) is 19.0. The van der Waals surface area contributed by atoms with Crippen molar-refractivity contribution < 1.29 is 14.3 Å². The Kier molecular flexibility index (Phi) is 4.22. The van der Waals surface area contributed by atoms with Gasteiger partial charge in [0.25, 0.3) is 5.91 Å². The van der Waals surface area contributed by atoms with E-state index in [1.54, 1.807) is 24.3 Å². The summed E-state index contributed by atoms with van der Waals surface area (Å²) in [5, 5.41) is 0. The highest BCUT2D eigenvalue weighted by molar-refractivity contribution is 5.96. The summed E-state index contributed by atoms with van der Waals surface area (Å²) in [6, 6.07) is 9.15. The Labute approximate surface area is 150 Å². The number of nitrogens with two attached hydrogens (primary N) is 1. The SMILES string of the molecule is COc1ccn2c(-c3cc(N)cc(C(=O)N4CCOCC4)c3)cnc2c1. The highest BCUT2D eigenvalue weighted by Crippen LogP contribution is 2.26. The van der Waals surface area contributed by atoms with Crippen LogP contribution in [0.2, 0.25) is 0 Å². The number of carbonyl (C=O) groups excluding carboxylic acids is 1. The number of imidazole rings is 1. The number of fused-ring (bicyclic) bond motifs is 1. The van der Waals surface area contributed by atoms with Crippen molar-refractivity contribution in [3.05, 3.63) is 48.3 Å². The summed E-state index contributed by atoms with van der Waals surface area (Å²) in [5.41, 5.74) is 9.68. The molecule has 1 aliphatic rings. The lowest BCUT2D eigenvalue weighted by Gasteiger charge is -2.27. The van der Waals surface area contributed by atoms with Crippen LogP contribution >= 0.6 is 0 Å². The topological polar surface area (TPSA) is 82.1 Å². The molecule has 7 nitrogen and oxygen atoms in total. The molecule has 0 atom stereocenters. The van der Waals surface area contributed by atoms with Gasteiger partial charge in [0.1, 0.15) is 11.4 Å². The molecule has 0 aliphatic carbocycles. The van der Waals surface area contributed by atoms with Gasteiger partial charge in [0.05, 0.1) is 32.2 Å². The molecule has 1 fully saturated rings. The number of carbonyl (C=O) groups is 1. The lowest BCUT2D eigenvalue weighted by molar-refractivity contribution is 0.0303. The van der Waals surface area contributed by atoms with Crippen LogP contribution in [-0.2, 0) is 4.74 Å². The third-order valence-corrected chi connectivity index (χ3v) is 4.52. The molecular weight excluding hydrogens is 332 g/mol. The van der Waals surface area contributed by atoms with E-state index in [0.717, 1.165) is 22.7 Å². The number of hydrogen-bond donors (Lipinski definition) is 1. The normalized spacial score (nSPS) is 14.6. The van der Waals surface area contributed by atoms with Gasteiger partial charge in [0, 0.05) is 42.2 Å². The molecule has 4 rings (SSSR count). The summed E-state index contributed by atoms with van der Waals surface area (Å²) in [5.74, 6) is 0.711. The van der Waals surface area contributed by atoms with Gasteiger partial charge >= 0.3 is 0 Å². The first-order chi connectivity index (χ1) is 12.7. The number of amides is 1. The van der Waals surface area contributed by atoms with Crippen molar-refractivity contribution in [3.63, 3.8) is 0 Å². The van der Waals surface area contributed by atoms with Crippen molar-refractivity contribution in [2.45, 2.75) is 0 Å². The van der Waals surface area contributed by atoms with Gasteiger partial charge in [-0.2, -0.15) is 0 Å². The summed E-state index contributed by atoms with van der Waals surface area (Å²) >= 11 is 0. The standard InChI is InChI=1S/C19H20N4O3/c1-25-16-2-3-23-17(12-21-18(23)11-16)13-8-14(10-15(20)9-13)19(24)22-4-6-26-7-5-22/h2-3,8-12H,4-7,20H2,1H3. The number of ether oxygens (including phenoxy) is 2. The summed E-state index contributed by atoms with van der Waals surface area (Å²) in [6.07, 6.45) is 3.66. The Morgan fingerprint density at radius 1 is 1.23 bits per heavy atom. The van der Waals surface area contributed by atoms with E-state index in [1.165, 1.54) is 0 Å². The molecule has 26 heavy (non-hydrogen) atoms. The van der Waals surface area contributed by atoms with Crippen molar-refractivity contribution in [2.24, 2.45) is 0 Å². The molecule has 1 amide bonds. The van der Waals surface area contributed by atoms with E-state index in [4.69, 9.17) is 15.2 Å². The highest BCUT2D eigenvalue weighted by atomic mass is 16.5. The number of aromatic nitrogens is 2. The lowest BCUT2D eigenvalue weighted by atomic mass is 10.1. The molecule has 0 spiro atoms. The molecule has 0 bridgehead atoms. The number of methoxy groups -OCH3 is 1. The van der Waals surface area contributed by atoms with Gasteiger partial charge in [0.2, 0.25) is 0 Å². The van der Waals surface area contributed by atoms with E-state index in [2.05, 4.69) is 4.98 Å². The van der Waals surface area contributed by atoms with Crippen LogP contribution < -0.4 is 10.5 Å². The van der Waals surface area contributed by atoms with Crippen molar-refractivity contribution in [2.75, 3.05) is 39.1 Å². The largest absolute Gasteiger partial charge is 0.497 e. The molecule has 2 aromatic heterocycles. The first-order valence-corrected chi connectivity index (χ1v) is 8.45. The fourth-order valence-corrected chi connectivity index (χ4v) is 3.17. The van der Waals surface area contributed by atoms with Crippen LogP contribution in [0.5, 0.6) is 5.75 Å². The third kappa shape index (κ3) is 2.97. The number of nitrogens with zero attached hydrogens (tertiary/aromatic N) is 3. The van der Waals surface area contributed by atoms with E-state index in [9.17, 15) is 4.79 Å². The average molecular weight is 352 g/mol. The summed E-state index contributed by atoms with van der Waals surface area (Å²) in [6.45, 7) is 2.32. The van der Waals surface area contributed by atoms with Gasteiger partial charge in [-0.05, 0) is 24.3 Å². The highest BCUT2D eigenvalue weighted by Gasteiger charge is 2.20. The quantitative estimate of drug-likeness (QED) is 0.730. The smallest absolute Gasteiger partial charge is 0.254 e. The zero-order chi connectivity index (χ0) is 18.1. The average Bonchev–Trinajstić information content (AvgIpc) is 3.10. The van der Waals surface area contributed by atoms with Gasteiger partial charge < -0.3 is 20.1 Å². The van der Waals surface area contributed by atoms with E-state index in [-0.39, 0.29) is 5.91 Å². The monoisotopic (exact) mass is 352 g/mol. The third-order valence-electron chi connectivity index (χ3n) is 4.52. The summed E-state index contributed by atoms with van der Waals surface area (Å²) < 4.78 is 12.5. The lowest BCUT2D eigenvalue weighted by Crippen LogP contribution is -2.40. The maximum atomic E-state index is 12.8. The number of rotatable bonds is 3. The number of hydrogen-bond acceptors (Lipinski definition) is 5. The van der Waals surface area contributed by atoms with Crippen molar-refractivity contribution in [1.82, 2.24) is 14.3 Å². The fraction of sp³-hybridized carbons (Fsp3) is 0.263. The van der Waals surface area contributed by atoms with Crippen LogP contribution in [0, 0.1) is 0 Å². The summed E-state index contributed by atoms with van der Waals surface area (Å²) in [7, 11) is 1.62. The molecule has 0 radical (unpaired) electrons. The van der Waals surface area contributed by atoms with Crippen LogP contribution in [0.3, 0.4) is 0 Å². The predicted molar refractivity (Wildman–Crippen MR) is 98.3 cm³/mol. The van der Waals surface area contributed by atoms with Crippen LogP contribution in [0.4, 0.5) is 5.69 Å². The van der Waals surface area contributed by atoms with Crippen LogP contribution in [-0.4, -0.2) is 53.6 Å². The fourth-order valence-electron chi connectivity index (χ4n) is 3.17. The minimum Gasteiger partial charge on any atom is -0.497 e. The first kappa shape index (κ1) is 16.4. The number of benzene rings is 1. The van der Waals surface area contributed by atoms with Gasteiger partial charge in [0.15, 0.2) is 0 Å². The van der Waals surface area contributed by atoms with Crippen LogP contribution in [0.1, 0.15) is 10.4 Å². The minimum absolute atomic E-state index is 0.0302. The van der Waals surface area contributed by atoms with Crippen molar-refractivity contribution >= 4 is 17.2 Å². The minimum atomic E-state index is -0.0302. The van der Waals surface area contributed by atoms with Crippen molar-refractivity contribution in [3.8, 4) is 17.0 Å². The van der Waals surface area contributed by atoms with E-state index in [0.29, 0.717) is 37.6 Å². The Morgan fingerprint density at radius 2 is 2.04 bits per heavy atom. The first-order valence-electron chi connectivity index (χ1n) is 8.45. The molecule has 1 aromatic carbocycles. The molecule has 0 saturated carbocycles. The molecule has 2 N–H and O–H groups in total. The molecule has 7 heteroatoms. The maximum absolute atomic E-state index is 12.8. The van der Waals surface area contributed by atoms with Gasteiger partial charge in [-0.1, -0.05) is 0 Å². The van der Waals surface area contributed by atoms with E-state index >= 15 is 0 Å². The second kappa shape index (κ2) is 6.68. The molecule has 1 aliphatic heterocycles. The molecule has 134 valence electrons. The Balaban J connectivity index is 1.73. The van der Waals surface area contributed by atoms with Gasteiger partial charge in [-0.25, -0.2) is 4.98 Å². The zero-order valence-corrected chi connectivity index (χ0v) is 14.5. The number of morpholine rings is 1. The van der Waals surface area contributed by atoms with Crippen molar-refractivity contribution in [1.29, 1.82) is 0 Å². The Hall–Kier alpha value is -3.06. The molecule has 3 aromatic rings. The second-order valence-electron chi connectivity index (χ2n) is 6.19. The Morgan fingerprint density at radius 3 is 2.81 bits per heavy atom. The molecule has 0 unspecified atom stereocenters. The molecular formula is C19H20N4O3. The van der Waals surface area contributed by atoms with Gasteiger partial charge in [-0.3, -0.25) is 9.20 Å². The predicted octanol–water partition coefficient (Wildman–Crippen LogP) is 2.06. The number of anilines is 1. The van der Waals surface area contributed by atoms with Crippen LogP contribution in [0.25, 0.3) is 16.9 Å². The van der Waals surface area contributed by atoms with Crippen LogP contribution in [0.15, 0.2) is 42.7 Å². The molecule has 1 saturated heterocycles. The van der Waals surface area contributed by atoms with E-state index in [1.807, 2.05) is 34.9 Å². The zero-order valence-electron chi connectivity index (χ0n) is 14.5. The molecule has 3 heterocycles. The Bertz CT molecular complexity index is 961.